The van der Waals surface area contributed by atoms with E-state index in [1.54, 1.807) is 6.92 Å². The lowest BCUT2D eigenvalue weighted by Gasteiger charge is -2.00. The normalized spacial score (nSPS) is 10.7. The van der Waals surface area contributed by atoms with Gasteiger partial charge in [-0.05, 0) is 6.92 Å². The molecule has 0 unspecified atom stereocenters. The van der Waals surface area contributed by atoms with Gasteiger partial charge < -0.3 is 4.42 Å². The van der Waals surface area contributed by atoms with Crippen molar-refractivity contribution in [1.82, 2.24) is 4.98 Å². The molecular formula is C19H17NO2S. The van der Waals surface area contributed by atoms with Gasteiger partial charge in [0.2, 0.25) is 0 Å². The molecule has 2 aromatic carbocycles. The molecule has 1 aromatic heterocycles. The van der Waals surface area contributed by atoms with E-state index >= 15 is 0 Å². The third-order valence-electron chi connectivity index (χ3n) is 3.37. The molecule has 0 aliphatic heterocycles. The van der Waals surface area contributed by atoms with Crippen LogP contribution in [0.2, 0.25) is 0 Å². The van der Waals surface area contributed by atoms with Gasteiger partial charge in [0.15, 0.2) is 5.76 Å². The summed E-state index contributed by atoms with van der Waals surface area (Å²) in [6.07, 6.45) is 0.522. The SMILES string of the molecule is CC(=O)CCSc1nc(-c2ccccc2)c(-c2ccccc2)o1. The highest BCUT2D eigenvalue weighted by Crippen LogP contribution is 2.35. The van der Waals surface area contributed by atoms with E-state index < -0.39 is 0 Å². The van der Waals surface area contributed by atoms with Crippen molar-refractivity contribution in [3.63, 3.8) is 0 Å². The van der Waals surface area contributed by atoms with Crippen LogP contribution in [0.15, 0.2) is 70.3 Å². The maximum Gasteiger partial charge on any atom is 0.256 e. The first kappa shape index (κ1) is 15.6. The zero-order valence-corrected chi connectivity index (χ0v) is 13.7. The fourth-order valence-corrected chi connectivity index (χ4v) is 3.08. The standard InChI is InChI=1S/C19H17NO2S/c1-14(21)12-13-23-19-20-17(15-8-4-2-5-9-15)18(22-19)16-10-6-3-7-11-16/h2-11H,12-13H2,1H3. The third-order valence-corrected chi connectivity index (χ3v) is 4.20. The Balaban J connectivity index is 1.96. The monoisotopic (exact) mass is 323 g/mol. The molecule has 1 heterocycles. The van der Waals surface area contributed by atoms with Gasteiger partial charge in [-0.25, -0.2) is 4.98 Å². The highest BCUT2D eigenvalue weighted by atomic mass is 32.2. The number of rotatable bonds is 6. The van der Waals surface area contributed by atoms with Crippen molar-refractivity contribution in [3.05, 3.63) is 60.7 Å². The minimum atomic E-state index is 0.177. The number of nitrogens with zero attached hydrogens (tertiary/aromatic N) is 1. The summed E-state index contributed by atoms with van der Waals surface area (Å²) in [4.78, 5) is 15.7. The van der Waals surface area contributed by atoms with Crippen LogP contribution in [0.3, 0.4) is 0 Å². The number of carbonyl (C=O) groups is 1. The van der Waals surface area contributed by atoms with Crippen LogP contribution in [0, 0.1) is 0 Å². The maximum absolute atomic E-state index is 11.1. The van der Waals surface area contributed by atoms with Crippen molar-refractivity contribution >= 4 is 17.5 Å². The molecule has 0 spiro atoms. The quantitative estimate of drug-likeness (QED) is 0.593. The van der Waals surface area contributed by atoms with Crippen LogP contribution in [0.5, 0.6) is 0 Å². The molecule has 0 amide bonds. The summed E-state index contributed by atoms with van der Waals surface area (Å²) < 4.78 is 5.98. The number of benzene rings is 2. The Labute approximate surface area is 139 Å². The second kappa shape index (κ2) is 7.29. The van der Waals surface area contributed by atoms with Gasteiger partial charge in [0.1, 0.15) is 11.5 Å². The molecule has 0 saturated carbocycles. The number of aromatic nitrogens is 1. The van der Waals surface area contributed by atoms with E-state index in [1.165, 1.54) is 11.8 Å². The molecule has 0 N–H and O–H groups in total. The number of hydrogen-bond donors (Lipinski definition) is 0. The van der Waals surface area contributed by atoms with Crippen LogP contribution in [0.4, 0.5) is 0 Å². The predicted molar refractivity (Wildman–Crippen MR) is 93.4 cm³/mol. The van der Waals surface area contributed by atoms with Gasteiger partial charge in [-0.15, -0.1) is 0 Å². The molecule has 0 aliphatic carbocycles. The maximum atomic E-state index is 11.1. The van der Waals surface area contributed by atoms with Gasteiger partial charge in [0.25, 0.3) is 5.22 Å². The molecule has 0 radical (unpaired) electrons. The van der Waals surface area contributed by atoms with E-state index in [0.717, 1.165) is 22.6 Å². The summed E-state index contributed by atoms with van der Waals surface area (Å²) in [6, 6.07) is 20.0. The van der Waals surface area contributed by atoms with E-state index in [-0.39, 0.29) is 5.78 Å². The number of thioether (sulfide) groups is 1. The van der Waals surface area contributed by atoms with Crippen molar-refractivity contribution < 1.29 is 9.21 Å². The van der Waals surface area contributed by atoms with Crippen molar-refractivity contribution in [2.75, 3.05) is 5.75 Å². The fourth-order valence-electron chi connectivity index (χ4n) is 2.22. The second-order valence-electron chi connectivity index (χ2n) is 5.19. The first-order valence-corrected chi connectivity index (χ1v) is 8.46. The van der Waals surface area contributed by atoms with E-state index in [4.69, 9.17) is 4.42 Å². The second-order valence-corrected chi connectivity index (χ2v) is 6.24. The average molecular weight is 323 g/mol. The Bertz CT molecular complexity index is 725. The molecule has 3 aromatic rings. The van der Waals surface area contributed by atoms with Gasteiger partial charge in [-0.1, -0.05) is 72.4 Å². The molecule has 0 fully saturated rings. The largest absolute Gasteiger partial charge is 0.431 e. The van der Waals surface area contributed by atoms with Crippen molar-refractivity contribution in [3.8, 4) is 22.6 Å². The third kappa shape index (κ3) is 3.90. The summed E-state index contributed by atoms with van der Waals surface area (Å²) in [5.74, 6) is 1.62. The van der Waals surface area contributed by atoms with Crippen LogP contribution in [-0.4, -0.2) is 16.5 Å². The first-order valence-electron chi connectivity index (χ1n) is 7.48. The number of ketones is 1. The molecule has 0 atom stereocenters. The van der Waals surface area contributed by atoms with E-state index in [0.29, 0.717) is 17.4 Å². The Kier molecular flexibility index (Phi) is 4.93. The topological polar surface area (TPSA) is 43.1 Å². The van der Waals surface area contributed by atoms with E-state index in [9.17, 15) is 4.79 Å². The molecule has 23 heavy (non-hydrogen) atoms. The van der Waals surface area contributed by atoms with Gasteiger partial charge in [-0.3, -0.25) is 4.79 Å². The minimum absolute atomic E-state index is 0.177. The molecule has 0 bridgehead atoms. The molecule has 3 nitrogen and oxygen atoms in total. The van der Waals surface area contributed by atoms with Crippen LogP contribution in [0.1, 0.15) is 13.3 Å². The molecule has 0 aliphatic rings. The van der Waals surface area contributed by atoms with Crippen LogP contribution >= 0.6 is 11.8 Å². The number of hydrogen-bond acceptors (Lipinski definition) is 4. The summed E-state index contributed by atoms with van der Waals surface area (Å²) in [5.41, 5.74) is 2.85. The van der Waals surface area contributed by atoms with Crippen molar-refractivity contribution in [2.24, 2.45) is 0 Å². The Morgan fingerprint density at radius 3 is 2.22 bits per heavy atom. The summed E-state index contributed by atoms with van der Waals surface area (Å²) in [6.45, 7) is 1.60. The Morgan fingerprint density at radius 2 is 1.61 bits per heavy atom. The van der Waals surface area contributed by atoms with Crippen LogP contribution < -0.4 is 0 Å². The zero-order chi connectivity index (χ0) is 16.1. The Hall–Kier alpha value is -2.33. The summed E-state index contributed by atoms with van der Waals surface area (Å²) in [7, 11) is 0. The van der Waals surface area contributed by atoms with Crippen molar-refractivity contribution in [1.29, 1.82) is 0 Å². The lowest BCUT2D eigenvalue weighted by molar-refractivity contribution is -0.116. The van der Waals surface area contributed by atoms with E-state index in [1.807, 2.05) is 60.7 Å². The average Bonchev–Trinajstić information content (AvgIpc) is 3.00. The number of oxazole rings is 1. The lowest BCUT2D eigenvalue weighted by Crippen LogP contribution is -1.91. The number of Topliss-reactive ketones (excluding diaryl/α,β-unsaturated/α-hetero) is 1. The molecule has 116 valence electrons. The smallest absolute Gasteiger partial charge is 0.256 e. The minimum Gasteiger partial charge on any atom is -0.431 e. The van der Waals surface area contributed by atoms with Gasteiger partial charge >= 0.3 is 0 Å². The van der Waals surface area contributed by atoms with Gasteiger partial charge in [-0.2, -0.15) is 0 Å². The fraction of sp³-hybridized carbons (Fsp3) is 0.158. The highest BCUT2D eigenvalue weighted by molar-refractivity contribution is 7.99. The van der Waals surface area contributed by atoms with Crippen molar-refractivity contribution in [2.45, 2.75) is 18.6 Å². The summed E-state index contributed by atoms with van der Waals surface area (Å²) >= 11 is 1.47. The zero-order valence-electron chi connectivity index (χ0n) is 12.9. The highest BCUT2D eigenvalue weighted by Gasteiger charge is 2.17. The lowest BCUT2D eigenvalue weighted by atomic mass is 10.1. The van der Waals surface area contributed by atoms with Crippen LogP contribution in [-0.2, 0) is 4.79 Å². The predicted octanol–water partition coefficient (Wildman–Crippen LogP) is 5.08. The first-order chi connectivity index (χ1) is 11.2. The van der Waals surface area contributed by atoms with Gasteiger partial charge in [0, 0.05) is 23.3 Å². The molecular weight excluding hydrogens is 306 g/mol. The summed E-state index contributed by atoms with van der Waals surface area (Å²) in [5, 5.41) is 0.601. The van der Waals surface area contributed by atoms with E-state index in [2.05, 4.69) is 4.98 Å². The molecule has 0 saturated heterocycles. The number of carbonyl (C=O) groups excluding carboxylic acids is 1. The van der Waals surface area contributed by atoms with Crippen LogP contribution in [0.25, 0.3) is 22.6 Å². The van der Waals surface area contributed by atoms with Gasteiger partial charge in [0.05, 0.1) is 0 Å². The molecule has 4 heteroatoms. The molecule has 3 rings (SSSR count). The Morgan fingerprint density at radius 1 is 1.00 bits per heavy atom.